The lowest BCUT2D eigenvalue weighted by molar-refractivity contribution is 0.555. The molecule has 0 saturated carbocycles. The predicted octanol–water partition coefficient (Wildman–Crippen LogP) is 3.07. The third-order valence-corrected chi connectivity index (χ3v) is 3.44. The minimum Gasteiger partial charge on any atom is -0.327 e. The second-order valence-corrected chi connectivity index (χ2v) is 5.20. The van der Waals surface area contributed by atoms with Gasteiger partial charge in [0, 0.05) is 21.9 Å². The summed E-state index contributed by atoms with van der Waals surface area (Å²) >= 11 is 2.29. The fourth-order valence-electron chi connectivity index (χ4n) is 1.98. The summed E-state index contributed by atoms with van der Waals surface area (Å²) in [5.41, 5.74) is 2.07. The molecule has 0 radical (unpaired) electrons. The van der Waals surface area contributed by atoms with Crippen molar-refractivity contribution in [3.63, 3.8) is 0 Å². The largest absolute Gasteiger partial charge is 0.327 e. The summed E-state index contributed by atoms with van der Waals surface area (Å²) in [5.74, 6) is 1.18. The van der Waals surface area contributed by atoms with Gasteiger partial charge in [-0.15, -0.1) is 0 Å². The van der Waals surface area contributed by atoms with E-state index in [1.807, 2.05) is 30.4 Å². The van der Waals surface area contributed by atoms with Crippen molar-refractivity contribution >= 4 is 34.3 Å². The Labute approximate surface area is 113 Å². The van der Waals surface area contributed by atoms with Crippen LogP contribution in [0, 0.1) is 5.41 Å². The summed E-state index contributed by atoms with van der Waals surface area (Å²) in [4.78, 5) is 6.45. The fraction of sp³-hybridized carbons (Fsp3) is 0.0769. The number of halogens is 1. The van der Waals surface area contributed by atoms with E-state index in [-0.39, 0.29) is 0 Å². The number of nitrogens with one attached hydrogen (secondary N) is 1. The highest BCUT2D eigenvalue weighted by molar-refractivity contribution is 14.1. The van der Waals surface area contributed by atoms with E-state index in [1.54, 1.807) is 0 Å². The van der Waals surface area contributed by atoms with Gasteiger partial charge in [-0.25, -0.2) is 4.99 Å². The lowest BCUT2D eigenvalue weighted by Gasteiger charge is -2.21. The molecular formula is C13H10IN3. The van der Waals surface area contributed by atoms with Crippen LogP contribution in [-0.4, -0.2) is 16.6 Å². The molecule has 0 unspecified atom stereocenters. The average Bonchev–Trinajstić information content (AvgIpc) is 2.46. The van der Waals surface area contributed by atoms with Gasteiger partial charge in [0.2, 0.25) is 0 Å². The highest BCUT2D eigenvalue weighted by Gasteiger charge is 2.19. The van der Waals surface area contributed by atoms with E-state index in [2.05, 4.69) is 44.7 Å². The maximum Gasteiger partial charge on any atom is 0.154 e. The highest BCUT2D eigenvalue weighted by Crippen LogP contribution is 2.23. The second kappa shape index (κ2) is 4.10. The van der Waals surface area contributed by atoms with Crippen molar-refractivity contribution in [2.24, 2.45) is 4.99 Å². The van der Waals surface area contributed by atoms with E-state index in [0.29, 0.717) is 5.84 Å². The number of nitrogens with zero attached hydrogens (tertiary/aromatic N) is 2. The Kier molecular flexibility index (Phi) is 2.58. The number of amidine groups is 2. The molecule has 1 N–H and O–H groups in total. The van der Waals surface area contributed by atoms with Crippen molar-refractivity contribution in [1.82, 2.24) is 4.90 Å². The van der Waals surface area contributed by atoms with Crippen molar-refractivity contribution in [2.45, 2.75) is 6.54 Å². The van der Waals surface area contributed by atoms with Gasteiger partial charge in [0.25, 0.3) is 0 Å². The van der Waals surface area contributed by atoms with Crippen LogP contribution in [0.1, 0.15) is 11.1 Å². The molecule has 1 aromatic rings. The second-order valence-electron chi connectivity index (χ2n) is 3.95. The molecule has 2 aliphatic heterocycles. The van der Waals surface area contributed by atoms with Gasteiger partial charge >= 0.3 is 0 Å². The lowest BCUT2D eigenvalue weighted by atomic mass is 10.1. The van der Waals surface area contributed by atoms with Crippen LogP contribution in [0.2, 0.25) is 0 Å². The van der Waals surface area contributed by atoms with Gasteiger partial charge in [0.15, 0.2) is 5.84 Å². The summed E-state index contributed by atoms with van der Waals surface area (Å²) in [7, 11) is 0. The maximum absolute atomic E-state index is 8.01. The van der Waals surface area contributed by atoms with Gasteiger partial charge in [-0.3, -0.25) is 5.41 Å². The zero-order chi connectivity index (χ0) is 11.8. The van der Waals surface area contributed by atoms with E-state index in [4.69, 9.17) is 5.41 Å². The number of fused-ring (bicyclic) bond motifs is 2. The molecule has 0 saturated heterocycles. The molecule has 84 valence electrons. The van der Waals surface area contributed by atoms with Gasteiger partial charge in [0.1, 0.15) is 5.84 Å². The van der Waals surface area contributed by atoms with Crippen molar-refractivity contribution in [3.8, 4) is 0 Å². The molecule has 3 rings (SSSR count). The number of hydrogen-bond donors (Lipinski definition) is 1. The summed E-state index contributed by atoms with van der Waals surface area (Å²) in [6.07, 6.45) is 6.04. The average molecular weight is 335 g/mol. The smallest absolute Gasteiger partial charge is 0.154 e. The summed E-state index contributed by atoms with van der Waals surface area (Å²) < 4.78 is 1.17. The minimum absolute atomic E-state index is 0.341. The van der Waals surface area contributed by atoms with Crippen LogP contribution in [0.3, 0.4) is 0 Å². The third kappa shape index (κ3) is 1.93. The van der Waals surface area contributed by atoms with Crippen molar-refractivity contribution in [1.29, 1.82) is 5.41 Å². The van der Waals surface area contributed by atoms with E-state index in [0.717, 1.165) is 23.5 Å². The molecule has 2 heterocycles. The minimum atomic E-state index is 0.341. The SMILES string of the molecule is N=C1N=C2C=CC(I)=CN2Cc2ccccc21. The predicted molar refractivity (Wildman–Crippen MR) is 77.5 cm³/mol. The monoisotopic (exact) mass is 335 g/mol. The molecule has 4 heteroatoms. The Morgan fingerprint density at radius 2 is 2.06 bits per heavy atom. The van der Waals surface area contributed by atoms with Crippen LogP contribution in [0.4, 0.5) is 0 Å². The van der Waals surface area contributed by atoms with Crippen molar-refractivity contribution < 1.29 is 0 Å². The number of aliphatic imine (C=N–C) groups is 1. The first-order valence-corrected chi connectivity index (χ1v) is 6.39. The van der Waals surface area contributed by atoms with Crippen LogP contribution >= 0.6 is 22.6 Å². The first-order chi connectivity index (χ1) is 8.24. The Morgan fingerprint density at radius 1 is 1.24 bits per heavy atom. The zero-order valence-electron chi connectivity index (χ0n) is 9.02. The van der Waals surface area contributed by atoms with Crippen LogP contribution < -0.4 is 0 Å². The van der Waals surface area contributed by atoms with Gasteiger partial charge in [-0.05, 0) is 40.3 Å². The highest BCUT2D eigenvalue weighted by atomic mass is 127. The first-order valence-electron chi connectivity index (χ1n) is 5.31. The van der Waals surface area contributed by atoms with E-state index in [1.165, 1.54) is 3.58 Å². The molecule has 2 aliphatic rings. The molecule has 0 aliphatic carbocycles. The summed E-state index contributed by atoms with van der Waals surface area (Å²) in [6, 6.07) is 7.97. The lowest BCUT2D eigenvalue weighted by Crippen LogP contribution is -2.24. The topological polar surface area (TPSA) is 39.5 Å². The van der Waals surface area contributed by atoms with Crippen LogP contribution in [0.15, 0.2) is 51.2 Å². The molecule has 0 bridgehead atoms. The maximum atomic E-state index is 8.01. The Hall–Kier alpha value is -1.43. The number of hydrogen-bond acceptors (Lipinski definition) is 2. The summed E-state index contributed by atoms with van der Waals surface area (Å²) in [6.45, 7) is 0.772. The molecule has 3 nitrogen and oxygen atoms in total. The van der Waals surface area contributed by atoms with Crippen LogP contribution in [-0.2, 0) is 6.54 Å². The van der Waals surface area contributed by atoms with E-state index in [9.17, 15) is 0 Å². The standard InChI is InChI=1S/C13H10IN3/c14-10-5-6-12-16-13(15)11-4-2-1-3-9(11)7-17(12)8-10/h1-6,8,15H,7H2. The molecule has 0 amide bonds. The van der Waals surface area contributed by atoms with E-state index >= 15 is 0 Å². The molecular weight excluding hydrogens is 325 g/mol. The van der Waals surface area contributed by atoms with Gasteiger partial charge < -0.3 is 4.90 Å². The quantitative estimate of drug-likeness (QED) is 0.727. The first kappa shape index (κ1) is 10.7. The Balaban J connectivity index is 2.12. The molecule has 1 aromatic carbocycles. The molecule has 0 spiro atoms. The normalized spacial score (nSPS) is 17.9. The fourth-order valence-corrected chi connectivity index (χ4v) is 2.50. The number of benzene rings is 1. The van der Waals surface area contributed by atoms with E-state index < -0.39 is 0 Å². The van der Waals surface area contributed by atoms with Crippen molar-refractivity contribution in [3.05, 3.63) is 57.3 Å². The zero-order valence-corrected chi connectivity index (χ0v) is 11.2. The molecule has 17 heavy (non-hydrogen) atoms. The summed E-state index contributed by atoms with van der Waals surface area (Å²) in [5, 5.41) is 8.01. The molecule has 0 fully saturated rings. The van der Waals surface area contributed by atoms with Crippen LogP contribution in [0.5, 0.6) is 0 Å². The Bertz CT molecular complexity index is 584. The van der Waals surface area contributed by atoms with Gasteiger partial charge in [-0.1, -0.05) is 24.3 Å². The number of rotatable bonds is 0. The molecule has 0 aromatic heterocycles. The van der Waals surface area contributed by atoms with Gasteiger partial charge in [0.05, 0.1) is 0 Å². The number of allylic oxidation sites excluding steroid dienone is 2. The molecule has 0 atom stereocenters. The Morgan fingerprint density at radius 3 is 2.94 bits per heavy atom. The van der Waals surface area contributed by atoms with Crippen molar-refractivity contribution in [2.75, 3.05) is 0 Å². The third-order valence-electron chi connectivity index (χ3n) is 2.80. The van der Waals surface area contributed by atoms with Gasteiger partial charge in [-0.2, -0.15) is 0 Å². The van der Waals surface area contributed by atoms with Crippen LogP contribution in [0.25, 0.3) is 0 Å².